The van der Waals surface area contributed by atoms with Crippen molar-refractivity contribution in [1.29, 1.82) is 0 Å². The quantitative estimate of drug-likeness (QED) is 0.229. The van der Waals surface area contributed by atoms with Gasteiger partial charge >= 0.3 is 11.9 Å². The largest absolute Gasteiger partial charge is 0.487 e. The van der Waals surface area contributed by atoms with E-state index in [0.717, 1.165) is 10.0 Å². The lowest BCUT2D eigenvalue weighted by molar-refractivity contribution is -0.143. The number of esters is 2. The summed E-state index contributed by atoms with van der Waals surface area (Å²) < 4.78 is 16.6. The molecule has 0 aliphatic rings. The van der Waals surface area contributed by atoms with Crippen LogP contribution in [-0.2, 0) is 25.7 Å². The standard InChI is InChI=1S/C19H15Br2ClO5/c1-25-18(23)15(19(24)26-2)8-12-7-13(20)9-16(21)17(12)27-10-11-3-5-14(22)6-4-11/h3-9H,10H2,1-2H3. The second kappa shape index (κ2) is 9.92. The Hall–Kier alpha value is -1.83. The van der Waals surface area contributed by atoms with E-state index in [0.29, 0.717) is 20.8 Å². The minimum atomic E-state index is -0.804. The summed E-state index contributed by atoms with van der Waals surface area (Å²) in [7, 11) is 2.38. The average Bonchev–Trinajstić information content (AvgIpc) is 2.65. The molecule has 0 fully saturated rings. The molecule has 0 spiro atoms. The molecule has 0 N–H and O–H groups in total. The Balaban J connectivity index is 2.42. The van der Waals surface area contributed by atoms with E-state index < -0.39 is 11.9 Å². The van der Waals surface area contributed by atoms with Gasteiger partial charge in [-0.2, -0.15) is 0 Å². The lowest BCUT2D eigenvalue weighted by Gasteiger charge is -2.13. The van der Waals surface area contributed by atoms with Gasteiger partial charge in [0.05, 0.1) is 18.7 Å². The Kier molecular flexibility index (Phi) is 7.89. The topological polar surface area (TPSA) is 61.8 Å². The Morgan fingerprint density at radius 2 is 1.63 bits per heavy atom. The van der Waals surface area contributed by atoms with E-state index in [1.807, 2.05) is 12.1 Å². The molecule has 0 saturated carbocycles. The van der Waals surface area contributed by atoms with Crippen LogP contribution in [0.5, 0.6) is 5.75 Å². The number of carbonyl (C=O) groups is 2. The fourth-order valence-corrected chi connectivity index (χ4v) is 3.65. The predicted molar refractivity (Wildman–Crippen MR) is 110 cm³/mol. The van der Waals surface area contributed by atoms with Crippen LogP contribution in [0.15, 0.2) is 50.9 Å². The highest BCUT2D eigenvalue weighted by molar-refractivity contribution is 9.11. The van der Waals surface area contributed by atoms with E-state index in [1.165, 1.54) is 20.3 Å². The molecule has 0 bridgehead atoms. The zero-order chi connectivity index (χ0) is 20.0. The van der Waals surface area contributed by atoms with Gasteiger partial charge in [0.2, 0.25) is 0 Å². The number of ether oxygens (including phenoxy) is 3. The van der Waals surface area contributed by atoms with Gasteiger partial charge in [-0.15, -0.1) is 0 Å². The van der Waals surface area contributed by atoms with Crippen molar-refractivity contribution in [2.75, 3.05) is 14.2 Å². The van der Waals surface area contributed by atoms with Crippen LogP contribution in [0.4, 0.5) is 0 Å². The van der Waals surface area contributed by atoms with Crippen LogP contribution in [0.25, 0.3) is 6.08 Å². The molecule has 2 rings (SSSR count). The molecular weight excluding hydrogens is 503 g/mol. The van der Waals surface area contributed by atoms with Crippen molar-refractivity contribution in [1.82, 2.24) is 0 Å². The number of hydrogen-bond acceptors (Lipinski definition) is 5. The molecule has 2 aromatic carbocycles. The fraction of sp³-hybridized carbons (Fsp3) is 0.158. The molecule has 0 heterocycles. The van der Waals surface area contributed by atoms with Crippen molar-refractivity contribution >= 4 is 61.5 Å². The molecule has 0 aliphatic carbocycles. The van der Waals surface area contributed by atoms with Crippen molar-refractivity contribution in [3.63, 3.8) is 0 Å². The molecule has 0 aromatic heterocycles. The summed E-state index contributed by atoms with van der Waals surface area (Å²) in [6, 6.07) is 10.7. The predicted octanol–water partition coefficient (Wildman–Crippen LogP) is 5.17. The van der Waals surface area contributed by atoms with E-state index in [2.05, 4.69) is 41.3 Å². The summed E-state index contributed by atoms with van der Waals surface area (Å²) in [4.78, 5) is 23.9. The molecule has 27 heavy (non-hydrogen) atoms. The highest BCUT2D eigenvalue weighted by atomic mass is 79.9. The van der Waals surface area contributed by atoms with Crippen molar-refractivity contribution in [2.45, 2.75) is 6.61 Å². The van der Waals surface area contributed by atoms with Crippen LogP contribution in [-0.4, -0.2) is 26.2 Å². The first-order valence-corrected chi connectivity index (χ1v) is 9.56. The maximum atomic E-state index is 11.9. The van der Waals surface area contributed by atoms with Crippen molar-refractivity contribution in [3.05, 3.63) is 67.1 Å². The summed E-state index contributed by atoms with van der Waals surface area (Å²) in [6.45, 7) is 0.268. The molecule has 5 nitrogen and oxygen atoms in total. The van der Waals surface area contributed by atoms with Gasteiger partial charge < -0.3 is 14.2 Å². The molecular formula is C19H15Br2ClO5. The summed E-state index contributed by atoms with van der Waals surface area (Å²) in [5, 5.41) is 0.632. The van der Waals surface area contributed by atoms with Gasteiger partial charge in [0.25, 0.3) is 0 Å². The molecule has 0 saturated heterocycles. The molecule has 8 heteroatoms. The second-order valence-corrected chi connectivity index (χ2v) is 7.47. The van der Waals surface area contributed by atoms with Gasteiger partial charge in [0.15, 0.2) is 0 Å². The number of benzene rings is 2. The summed E-state index contributed by atoms with van der Waals surface area (Å²) in [6.07, 6.45) is 1.37. The van der Waals surface area contributed by atoms with Gasteiger partial charge in [0, 0.05) is 15.1 Å². The Morgan fingerprint density at radius 1 is 1.04 bits per heavy atom. The Bertz CT molecular complexity index is 860. The Morgan fingerprint density at radius 3 is 2.19 bits per heavy atom. The molecule has 0 unspecified atom stereocenters. The van der Waals surface area contributed by atoms with E-state index in [4.69, 9.17) is 16.3 Å². The zero-order valence-electron chi connectivity index (χ0n) is 14.4. The van der Waals surface area contributed by atoms with Gasteiger partial charge in [0.1, 0.15) is 17.9 Å². The molecule has 0 radical (unpaired) electrons. The van der Waals surface area contributed by atoms with Crippen molar-refractivity contribution < 1.29 is 23.8 Å². The third-order valence-corrected chi connectivity index (χ3v) is 4.74. The number of methoxy groups -OCH3 is 2. The highest BCUT2D eigenvalue weighted by Gasteiger charge is 2.21. The second-order valence-electron chi connectivity index (χ2n) is 5.26. The minimum Gasteiger partial charge on any atom is -0.487 e. The molecule has 2 aromatic rings. The van der Waals surface area contributed by atoms with Gasteiger partial charge in [-0.05, 0) is 51.8 Å². The number of rotatable bonds is 6. The first kappa shape index (κ1) is 21.5. The third-order valence-electron chi connectivity index (χ3n) is 3.44. The van der Waals surface area contributed by atoms with Gasteiger partial charge in [-0.25, -0.2) is 9.59 Å². The molecule has 0 atom stereocenters. The number of hydrogen-bond donors (Lipinski definition) is 0. The van der Waals surface area contributed by atoms with E-state index in [1.54, 1.807) is 24.3 Å². The summed E-state index contributed by atoms with van der Waals surface area (Å²) in [5.74, 6) is -1.15. The van der Waals surface area contributed by atoms with Crippen LogP contribution in [0.2, 0.25) is 5.02 Å². The van der Waals surface area contributed by atoms with Crippen molar-refractivity contribution in [3.8, 4) is 5.75 Å². The molecule has 142 valence electrons. The highest BCUT2D eigenvalue weighted by Crippen LogP contribution is 2.35. The van der Waals surface area contributed by atoms with Crippen LogP contribution in [0.1, 0.15) is 11.1 Å². The first-order valence-electron chi connectivity index (χ1n) is 7.60. The summed E-state index contributed by atoms with van der Waals surface area (Å²) in [5.41, 5.74) is 1.16. The zero-order valence-corrected chi connectivity index (χ0v) is 18.4. The average molecular weight is 519 g/mol. The van der Waals surface area contributed by atoms with Crippen LogP contribution < -0.4 is 4.74 Å². The van der Waals surface area contributed by atoms with Crippen molar-refractivity contribution in [2.24, 2.45) is 0 Å². The number of carbonyl (C=O) groups excluding carboxylic acids is 2. The normalized spacial score (nSPS) is 10.1. The minimum absolute atomic E-state index is 0.249. The lowest BCUT2D eigenvalue weighted by Crippen LogP contribution is -2.15. The molecule has 0 amide bonds. The fourth-order valence-electron chi connectivity index (χ4n) is 2.15. The maximum absolute atomic E-state index is 11.9. The first-order chi connectivity index (χ1) is 12.8. The van der Waals surface area contributed by atoms with E-state index in [-0.39, 0.29) is 12.2 Å². The summed E-state index contributed by atoms with van der Waals surface area (Å²) >= 11 is 12.7. The molecule has 0 aliphatic heterocycles. The number of halogens is 3. The Labute approximate surface area is 178 Å². The van der Waals surface area contributed by atoms with Crippen LogP contribution >= 0.6 is 43.5 Å². The SMILES string of the molecule is COC(=O)C(=Cc1cc(Br)cc(Br)c1OCc1ccc(Cl)cc1)C(=O)OC. The van der Waals surface area contributed by atoms with Gasteiger partial charge in [-0.1, -0.05) is 39.7 Å². The van der Waals surface area contributed by atoms with E-state index in [9.17, 15) is 9.59 Å². The van der Waals surface area contributed by atoms with Crippen LogP contribution in [0.3, 0.4) is 0 Å². The monoisotopic (exact) mass is 516 g/mol. The van der Waals surface area contributed by atoms with Gasteiger partial charge in [-0.3, -0.25) is 0 Å². The lowest BCUT2D eigenvalue weighted by atomic mass is 10.1. The maximum Gasteiger partial charge on any atom is 0.345 e. The van der Waals surface area contributed by atoms with E-state index >= 15 is 0 Å². The van der Waals surface area contributed by atoms with Crippen LogP contribution in [0, 0.1) is 0 Å². The smallest absolute Gasteiger partial charge is 0.345 e. The third kappa shape index (κ3) is 5.82.